The smallest absolute Gasteiger partial charge is 0.304 e. The van der Waals surface area contributed by atoms with Crippen LogP contribution in [0.5, 0.6) is 0 Å². The SMILES string of the molecule is O=C(O)CCSC1=CC(=O)c2ccccc2C1=O. The summed E-state index contributed by atoms with van der Waals surface area (Å²) in [4.78, 5) is 34.5. The zero-order valence-corrected chi connectivity index (χ0v) is 10.2. The molecule has 0 spiro atoms. The van der Waals surface area contributed by atoms with Crippen LogP contribution in [0.2, 0.25) is 0 Å². The van der Waals surface area contributed by atoms with Gasteiger partial charge in [0, 0.05) is 23.0 Å². The summed E-state index contributed by atoms with van der Waals surface area (Å²) in [6.07, 6.45) is 1.25. The second-order valence-electron chi connectivity index (χ2n) is 3.74. The molecule has 0 radical (unpaired) electrons. The van der Waals surface area contributed by atoms with Crippen molar-refractivity contribution in [2.24, 2.45) is 0 Å². The van der Waals surface area contributed by atoms with Gasteiger partial charge >= 0.3 is 5.97 Å². The lowest BCUT2D eigenvalue weighted by Gasteiger charge is -2.13. The van der Waals surface area contributed by atoms with Crippen molar-refractivity contribution in [1.29, 1.82) is 0 Å². The summed E-state index contributed by atoms with van der Waals surface area (Å²) in [5.74, 6) is -1.05. The molecule has 92 valence electrons. The molecule has 1 N–H and O–H groups in total. The molecule has 1 aromatic carbocycles. The minimum Gasteiger partial charge on any atom is -0.481 e. The molecule has 0 saturated heterocycles. The van der Waals surface area contributed by atoms with E-state index in [9.17, 15) is 14.4 Å². The molecule has 0 saturated carbocycles. The van der Waals surface area contributed by atoms with Gasteiger partial charge in [0.15, 0.2) is 11.6 Å². The van der Waals surface area contributed by atoms with Crippen molar-refractivity contribution < 1.29 is 19.5 Å². The summed E-state index contributed by atoms with van der Waals surface area (Å²) in [6.45, 7) is 0. The fourth-order valence-electron chi connectivity index (χ4n) is 1.65. The number of rotatable bonds is 4. The molecule has 0 heterocycles. The Morgan fingerprint density at radius 2 is 1.83 bits per heavy atom. The number of carboxylic acid groups (broad SMARTS) is 1. The van der Waals surface area contributed by atoms with Gasteiger partial charge < -0.3 is 5.11 Å². The zero-order valence-electron chi connectivity index (χ0n) is 9.38. The molecule has 1 aliphatic rings. The van der Waals surface area contributed by atoms with E-state index in [1.54, 1.807) is 24.3 Å². The summed E-state index contributed by atoms with van der Waals surface area (Å²) in [5.41, 5.74) is 0.799. The third kappa shape index (κ3) is 2.51. The average molecular weight is 262 g/mol. The van der Waals surface area contributed by atoms with Crippen molar-refractivity contribution in [3.8, 4) is 0 Å². The van der Waals surface area contributed by atoms with Crippen LogP contribution in [0.3, 0.4) is 0 Å². The molecule has 0 bridgehead atoms. The van der Waals surface area contributed by atoms with Crippen LogP contribution in [0.4, 0.5) is 0 Å². The van der Waals surface area contributed by atoms with Gasteiger partial charge in [-0.25, -0.2) is 0 Å². The molecule has 0 atom stereocenters. The Hall–Kier alpha value is -1.88. The highest BCUT2D eigenvalue weighted by Crippen LogP contribution is 2.28. The van der Waals surface area contributed by atoms with E-state index in [0.717, 1.165) is 11.8 Å². The fraction of sp³-hybridized carbons (Fsp3) is 0.154. The highest BCUT2D eigenvalue weighted by Gasteiger charge is 2.25. The van der Waals surface area contributed by atoms with E-state index in [-0.39, 0.29) is 23.7 Å². The van der Waals surface area contributed by atoms with Crippen LogP contribution in [-0.2, 0) is 4.79 Å². The number of thioether (sulfide) groups is 1. The molecule has 4 nitrogen and oxygen atoms in total. The van der Waals surface area contributed by atoms with Crippen molar-refractivity contribution in [3.05, 3.63) is 46.4 Å². The maximum Gasteiger partial charge on any atom is 0.304 e. The molecular weight excluding hydrogens is 252 g/mol. The summed E-state index contributed by atoms with van der Waals surface area (Å²) >= 11 is 1.11. The first-order chi connectivity index (χ1) is 8.59. The Morgan fingerprint density at radius 1 is 1.17 bits per heavy atom. The van der Waals surface area contributed by atoms with Crippen LogP contribution < -0.4 is 0 Å². The number of hydrogen-bond donors (Lipinski definition) is 1. The normalized spacial score (nSPS) is 14.1. The van der Waals surface area contributed by atoms with Crippen LogP contribution in [0.15, 0.2) is 35.2 Å². The largest absolute Gasteiger partial charge is 0.481 e. The number of carboxylic acids is 1. The van der Waals surface area contributed by atoms with Gasteiger partial charge in [0.05, 0.1) is 11.3 Å². The number of fused-ring (bicyclic) bond motifs is 1. The summed E-state index contributed by atoms with van der Waals surface area (Å²) < 4.78 is 0. The maximum absolute atomic E-state index is 12.0. The van der Waals surface area contributed by atoms with Crippen molar-refractivity contribution in [3.63, 3.8) is 0 Å². The highest BCUT2D eigenvalue weighted by atomic mass is 32.2. The number of allylic oxidation sites excluding steroid dienone is 2. The Balaban J connectivity index is 2.18. The summed E-state index contributed by atoms with van der Waals surface area (Å²) in [7, 11) is 0. The van der Waals surface area contributed by atoms with E-state index >= 15 is 0 Å². The van der Waals surface area contributed by atoms with Gasteiger partial charge in [-0.1, -0.05) is 24.3 Å². The second-order valence-corrected chi connectivity index (χ2v) is 4.88. The minimum atomic E-state index is -0.918. The van der Waals surface area contributed by atoms with Crippen LogP contribution in [0.25, 0.3) is 0 Å². The number of carbonyl (C=O) groups is 3. The van der Waals surface area contributed by atoms with E-state index in [2.05, 4.69) is 0 Å². The van der Waals surface area contributed by atoms with E-state index in [0.29, 0.717) is 16.0 Å². The molecule has 0 unspecified atom stereocenters. The average Bonchev–Trinajstić information content (AvgIpc) is 2.35. The lowest BCUT2D eigenvalue weighted by Crippen LogP contribution is -2.15. The molecule has 0 aromatic heterocycles. The zero-order chi connectivity index (χ0) is 13.1. The fourth-order valence-corrected chi connectivity index (χ4v) is 2.57. The molecular formula is C13H10O4S. The minimum absolute atomic E-state index is 0.0366. The van der Waals surface area contributed by atoms with Gasteiger partial charge in [-0.2, -0.15) is 0 Å². The highest BCUT2D eigenvalue weighted by molar-refractivity contribution is 8.04. The predicted octanol–water partition coefficient (Wildman–Crippen LogP) is 2.16. The topological polar surface area (TPSA) is 71.4 Å². The van der Waals surface area contributed by atoms with Crippen LogP contribution in [0.1, 0.15) is 27.1 Å². The van der Waals surface area contributed by atoms with E-state index in [4.69, 9.17) is 5.11 Å². The number of aliphatic carboxylic acids is 1. The van der Waals surface area contributed by atoms with Crippen molar-refractivity contribution in [2.75, 3.05) is 5.75 Å². The monoisotopic (exact) mass is 262 g/mol. The third-order valence-electron chi connectivity index (χ3n) is 2.50. The molecule has 2 rings (SSSR count). The Kier molecular flexibility index (Phi) is 3.62. The van der Waals surface area contributed by atoms with Gasteiger partial charge in [-0.3, -0.25) is 14.4 Å². The standard InChI is InChI=1S/C13H10O4S/c14-10-7-11(18-6-5-12(15)16)13(17)9-4-2-1-3-8(9)10/h1-4,7H,5-6H2,(H,15,16). The Bertz CT molecular complexity index is 560. The molecule has 1 aliphatic carbocycles. The molecule has 1 aromatic rings. The van der Waals surface area contributed by atoms with Gasteiger partial charge in [-0.05, 0) is 0 Å². The van der Waals surface area contributed by atoms with Crippen molar-refractivity contribution >= 4 is 29.3 Å². The number of Topliss-reactive ketones (excluding diaryl/α,β-unsaturated/α-hetero) is 1. The Labute approximate surface area is 108 Å². The quantitative estimate of drug-likeness (QED) is 0.900. The van der Waals surface area contributed by atoms with Gasteiger partial charge in [0.1, 0.15) is 0 Å². The number of hydrogen-bond acceptors (Lipinski definition) is 4. The van der Waals surface area contributed by atoms with E-state index < -0.39 is 5.97 Å². The maximum atomic E-state index is 12.0. The third-order valence-corrected chi connectivity index (χ3v) is 3.52. The number of ketones is 2. The summed E-state index contributed by atoms with van der Waals surface area (Å²) in [6, 6.07) is 6.64. The van der Waals surface area contributed by atoms with Crippen LogP contribution >= 0.6 is 11.8 Å². The van der Waals surface area contributed by atoms with Crippen molar-refractivity contribution in [2.45, 2.75) is 6.42 Å². The predicted molar refractivity (Wildman–Crippen MR) is 67.9 cm³/mol. The first-order valence-electron chi connectivity index (χ1n) is 5.34. The summed E-state index contributed by atoms with van der Waals surface area (Å²) in [5, 5.41) is 8.53. The van der Waals surface area contributed by atoms with Gasteiger partial charge in [0.25, 0.3) is 0 Å². The van der Waals surface area contributed by atoms with Crippen LogP contribution in [-0.4, -0.2) is 28.4 Å². The molecule has 0 amide bonds. The Morgan fingerprint density at radius 3 is 2.50 bits per heavy atom. The second kappa shape index (κ2) is 5.18. The molecule has 18 heavy (non-hydrogen) atoms. The number of carbonyl (C=O) groups excluding carboxylic acids is 2. The van der Waals surface area contributed by atoms with Gasteiger partial charge in [0.2, 0.25) is 0 Å². The molecule has 0 aliphatic heterocycles. The molecule has 0 fully saturated rings. The van der Waals surface area contributed by atoms with Crippen molar-refractivity contribution in [1.82, 2.24) is 0 Å². The van der Waals surface area contributed by atoms with E-state index in [1.165, 1.54) is 6.08 Å². The lowest BCUT2D eigenvalue weighted by atomic mass is 9.95. The van der Waals surface area contributed by atoms with E-state index in [1.807, 2.05) is 0 Å². The first-order valence-corrected chi connectivity index (χ1v) is 6.32. The lowest BCUT2D eigenvalue weighted by molar-refractivity contribution is -0.136. The number of benzene rings is 1. The van der Waals surface area contributed by atoms with Crippen LogP contribution in [0, 0.1) is 0 Å². The molecule has 5 heteroatoms. The first kappa shape index (κ1) is 12.6. The van der Waals surface area contributed by atoms with Gasteiger partial charge in [-0.15, -0.1) is 11.8 Å².